The monoisotopic (exact) mass is 1040 g/mol. The van der Waals surface area contributed by atoms with E-state index < -0.39 is 88.8 Å². The molecule has 5 aliphatic rings. The number of aromatic hydroxyl groups is 3. The number of piperazine rings is 1. The first-order valence-corrected chi connectivity index (χ1v) is 25.2. The number of aryl methyl sites for hydroxylation is 1. The molecule has 5 bridgehead atoms. The maximum Gasteiger partial charge on any atom is 0.302 e. The molecule has 1 saturated carbocycles. The molecule has 7 N–H and O–H groups in total. The lowest BCUT2D eigenvalue weighted by Crippen LogP contribution is -2.46. The van der Waals surface area contributed by atoms with E-state index >= 15 is 4.39 Å². The SMILES string of the molecule is CO[C@H]1/C=C/O[C@@]2(C)Oc3c(C)c(O)c4c(O)c(c(/C=N/N5CCN(c6cc7c(cc6F)c(=O)c(C)cn7C6CC6)CC5)c(O)c4c3/C2=N/O)NC(=O)/C(C)=C\C=C\[C@H](C)[C@H](O)[C@@H](C)[C@@H](O)[C@@H](C)[C@H](OC(C)=O)[C@@H]1C. The summed E-state index contributed by atoms with van der Waals surface area (Å²) in [6, 6.07) is 3.28. The van der Waals surface area contributed by atoms with Crippen molar-refractivity contribution in [3.05, 3.63) is 92.8 Å². The van der Waals surface area contributed by atoms with Crippen molar-refractivity contribution < 1.29 is 63.7 Å². The van der Waals surface area contributed by atoms with Crippen LogP contribution in [-0.4, -0.2) is 128 Å². The average molecular weight is 1040 g/mol. The highest BCUT2D eigenvalue weighted by Crippen LogP contribution is 2.55. The average Bonchev–Trinajstić information content (AvgIpc) is 4.20. The number of halogens is 1. The molecule has 402 valence electrons. The number of nitrogens with zero attached hydrogens (tertiary/aromatic N) is 5. The Balaban J connectivity index is 1.20. The van der Waals surface area contributed by atoms with Gasteiger partial charge in [-0.05, 0) is 51.8 Å². The Morgan fingerprint density at radius 1 is 0.933 bits per heavy atom. The van der Waals surface area contributed by atoms with Crippen LogP contribution in [0.25, 0.3) is 21.7 Å². The maximum absolute atomic E-state index is 15.9. The summed E-state index contributed by atoms with van der Waals surface area (Å²) in [6.07, 6.45) is 8.41. The van der Waals surface area contributed by atoms with E-state index in [4.69, 9.17) is 18.9 Å². The number of ether oxygens (including phenoxy) is 4. The Bertz CT molecular complexity index is 3140. The fourth-order valence-electron chi connectivity index (χ4n) is 10.6. The molecule has 2 fully saturated rings. The van der Waals surface area contributed by atoms with Gasteiger partial charge in [-0.1, -0.05) is 51.1 Å². The number of carbonyl (C=O) groups is 2. The first-order chi connectivity index (χ1) is 35.5. The molecule has 0 unspecified atom stereocenters. The molecule has 75 heavy (non-hydrogen) atoms. The molecule has 0 radical (unpaired) electrons. The summed E-state index contributed by atoms with van der Waals surface area (Å²) in [5.41, 5.74) is 0.609. The lowest BCUT2D eigenvalue weighted by molar-refractivity contribution is -0.160. The number of carbonyl (C=O) groups excluding carboxylic acids is 2. The minimum absolute atomic E-state index is 0.0486. The number of phenolic OH excluding ortho intramolecular Hbond substituents is 3. The summed E-state index contributed by atoms with van der Waals surface area (Å²) in [4.78, 5) is 41.5. The standard InChI is InChI=1S/C55H67FN6O13/c1-26-12-11-13-27(2)54(70)58-44-36(24-57-61-19-17-60(18-20-61)39-23-38-35(22-37(39)56)46(65)28(3)25-62(38)34-14-15-34)49(68)41-42(50(44)69)48(67)32(7)52-43(41)53(59-71)55(9,75-52)73-21-16-40(72-10)29(4)51(74-33(8)63)31(6)47(66)30(5)45(26)64/h11-13,16,21-26,29-31,34,40,45,47,51,64,66-69,71H,14-15,17-20H2,1-10H3,(H,58,70)/b12-11+,21-16+,27-13-,57-24+,59-53-/t26-,29+,30+,31+,40-,45-,47+,51+,55-/m0/s1. The molecule has 9 atom stereocenters. The zero-order valence-electron chi connectivity index (χ0n) is 43.8. The van der Waals surface area contributed by atoms with Crippen molar-refractivity contribution in [3.63, 3.8) is 0 Å². The molecule has 3 aromatic carbocycles. The second-order valence-corrected chi connectivity index (χ2v) is 20.5. The number of hydrogen-bond acceptors (Lipinski definition) is 17. The van der Waals surface area contributed by atoms with Gasteiger partial charge in [-0.15, -0.1) is 0 Å². The van der Waals surface area contributed by atoms with Gasteiger partial charge in [0.05, 0.1) is 77.3 Å². The van der Waals surface area contributed by atoms with Crippen molar-refractivity contribution >= 4 is 56.9 Å². The summed E-state index contributed by atoms with van der Waals surface area (Å²) in [5.74, 6) is -8.36. The second-order valence-electron chi connectivity index (χ2n) is 20.5. The number of benzene rings is 3. The topological polar surface area (TPSA) is 258 Å². The number of oxime groups is 1. The van der Waals surface area contributed by atoms with Gasteiger partial charge in [0.1, 0.15) is 29.2 Å². The Morgan fingerprint density at radius 2 is 1.63 bits per heavy atom. The minimum atomic E-state index is -1.97. The molecule has 4 aliphatic heterocycles. The quantitative estimate of drug-likeness (QED) is 0.0256. The lowest BCUT2D eigenvalue weighted by Gasteiger charge is -2.38. The third kappa shape index (κ3) is 10.1. The first kappa shape index (κ1) is 54.1. The van der Waals surface area contributed by atoms with Crippen LogP contribution in [0.5, 0.6) is 23.0 Å². The Kier molecular flexibility index (Phi) is 15.3. The van der Waals surface area contributed by atoms with Crippen LogP contribution in [0.2, 0.25) is 0 Å². The van der Waals surface area contributed by atoms with Crippen molar-refractivity contribution in [1.82, 2.24) is 9.58 Å². The fraction of sp³-hybridized carbons (Fsp3) is 0.473. The Morgan fingerprint density at radius 3 is 2.27 bits per heavy atom. The number of hydrogen-bond donors (Lipinski definition) is 7. The van der Waals surface area contributed by atoms with Crippen molar-refractivity contribution in [1.29, 1.82) is 0 Å². The molecular weight excluding hydrogens is 972 g/mol. The predicted octanol–water partition coefficient (Wildman–Crippen LogP) is 7.00. The third-order valence-electron chi connectivity index (χ3n) is 15.3. The van der Waals surface area contributed by atoms with Crippen LogP contribution < -0.4 is 20.4 Å². The number of aliphatic hydroxyl groups is 2. The number of esters is 1. The van der Waals surface area contributed by atoms with Crippen LogP contribution in [0.3, 0.4) is 0 Å². The summed E-state index contributed by atoms with van der Waals surface area (Å²) in [7, 11) is 1.43. The zero-order chi connectivity index (χ0) is 54.5. The van der Waals surface area contributed by atoms with E-state index in [0.717, 1.165) is 12.8 Å². The number of allylic oxidation sites excluding steroid dienone is 2. The molecule has 20 heteroatoms. The number of nitrogens with one attached hydrogen (secondary N) is 1. The van der Waals surface area contributed by atoms with E-state index in [2.05, 4.69) is 20.1 Å². The predicted molar refractivity (Wildman–Crippen MR) is 280 cm³/mol. The van der Waals surface area contributed by atoms with E-state index in [1.165, 1.54) is 65.5 Å². The smallest absolute Gasteiger partial charge is 0.302 e. The highest BCUT2D eigenvalue weighted by atomic mass is 19.1. The zero-order valence-corrected chi connectivity index (χ0v) is 43.8. The first-order valence-electron chi connectivity index (χ1n) is 25.2. The van der Waals surface area contributed by atoms with Gasteiger partial charge in [0.25, 0.3) is 11.7 Å². The molecule has 19 nitrogen and oxygen atoms in total. The normalized spacial score (nSPS) is 29.1. The summed E-state index contributed by atoms with van der Waals surface area (Å²) < 4.78 is 42.0. The van der Waals surface area contributed by atoms with Gasteiger partial charge in [0.2, 0.25) is 0 Å². The van der Waals surface area contributed by atoms with Crippen LogP contribution in [0, 0.1) is 43.3 Å². The highest BCUT2D eigenvalue weighted by Gasteiger charge is 2.49. The molecule has 4 aromatic rings. The van der Waals surface area contributed by atoms with Crippen LogP contribution in [-0.2, 0) is 23.8 Å². The van der Waals surface area contributed by atoms with Gasteiger partial charge >= 0.3 is 5.97 Å². The molecule has 1 amide bonds. The van der Waals surface area contributed by atoms with Gasteiger partial charge in [-0.3, -0.25) is 19.4 Å². The van der Waals surface area contributed by atoms with Gasteiger partial charge < -0.3 is 64.5 Å². The van der Waals surface area contributed by atoms with Crippen LogP contribution in [0.15, 0.2) is 69.5 Å². The van der Waals surface area contributed by atoms with E-state index in [0.29, 0.717) is 35.2 Å². The van der Waals surface area contributed by atoms with Crippen molar-refractivity contribution in [3.8, 4) is 23.0 Å². The molecule has 1 saturated heterocycles. The number of anilines is 2. The third-order valence-corrected chi connectivity index (χ3v) is 15.3. The maximum atomic E-state index is 15.9. The molecule has 5 heterocycles. The number of rotatable bonds is 6. The summed E-state index contributed by atoms with van der Waals surface area (Å²) in [5, 5.41) is 82.8. The largest absolute Gasteiger partial charge is 0.507 e. The van der Waals surface area contributed by atoms with E-state index in [9.17, 15) is 45.1 Å². The molecule has 1 aromatic heterocycles. The second kappa shape index (κ2) is 21.2. The lowest BCUT2D eigenvalue weighted by atomic mass is 9.78. The number of aromatic nitrogens is 1. The molecule has 0 spiro atoms. The van der Waals surface area contributed by atoms with Crippen molar-refractivity contribution in [2.45, 2.75) is 111 Å². The van der Waals surface area contributed by atoms with Gasteiger partial charge in [0, 0.05) is 97.4 Å². The fourth-order valence-corrected chi connectivity index (χ4v) is 10.6. The Labute approximate surface area is 433 Å². The number of phenols is 3. The van der Waals surface area contributed by atoms with Gasteiger partial charge in [0.15, 0.2) is 16.9 Å². The number of aliphatic hydroxyl groups excluding tert-OH is 2. The number of fused-ring (bicyclic) bond motifs is 15. The molecular formula is C55H67FN6O13. The van der Waals surface area contributed by atoms with E-state index in [1.807, 2.05) is 11.1 Å². The highest BCUT2D eigenvalue weighted by molar-refractivity contribution is 6.25. The van der Waals surface area contributed by atoms with Gasteiger partial charge in [-0.25, -0.2) is 4.39 Å². The van der Waals surface area contributed by atoms with Crippen LogP contribution >= 0.6 is 0 Å². The van der Waals surface area contributed by atoms with Gasteiger partial charge in [-0.2, -0.15) is 5.10 Å². The van der Waals surface area contributed by atoms with Crippen LogP contribution in [0.1, 0.15) is 89.6 Å². The number of amides is 1. The Hall–Kier alpha value is -7.16. The minimum Gasteiger partial charge on any atom is -0.507 e. The van der Waals surface area contributed by atoms with Crippen molar-refractivity contribution in [2.75, 3.05) is 43.5 Å². The summed E-state index contributed by atoms with van der Waals surface area (Å²) >= 11 is 0. The number of pyridine rings is 1. The number of methoxy groups -OCH3 is 1. The molecule has 9 rings (SSSR count). The van der Waals surface area contributed by atoms with Crippen LogP contribution in [0.4, 0.5) is 15.8 Å². The van der Waals surface area contributed by atoms with E-state index in [1.54, 1.807) is 57.8 Å². The number of hydrazone groups is 1. The summed E-state index contributed by atoms with van der Waals surface area (Å²) in [6.45, 7) is 15.4. The van der Waals surface area contributed by atoms with Crippen molar-refractivity contribution in [2.24, 2.45) is 33.9 Å². The molecule has 1 aliphatic carbocycles. The van der Waals surface area contributed by atoms with E-state index in [-0.39, 0.29) is 74.7 Å².